The summed E-state index contributed by atoms with van der Waals surface area (Å²) in [5.41, 5.74) is 2.00. The van der Waals surface area contributed by atoms with Crippen LogP contribution in [0.3, 0.4) is 0 Å². The number of piperidine rings is 1. The van der Waals surface area contributed by atoms with Gasteiger partial charge in [-0.15, -0.1) is 0 Å². The summed E-state index contributed by atoms with van der Waals surface area (Å²) in [6.07, 6.45) is 4.62. The van der Waals surface area contributed by atoms with E-state index in [-0.39, 0.29) is 0 Å². The Hall–Kier alpha value is -1.71. The Balaban J connectivity index is 2.06. The SMILES string of the molecule is CCC1CCCCN1c1ccc(NC(=O)OC)cc1. The third kappa shape index (κ3) is 3.40. The molecule has 0 spiro atoms. The molecular weight excluding hydrogens is 240 g/mol. The van der Waals surface area contributed by atoms with Gasteiger partial charge in [-0.3, -0.25) is 5.32 Å². The van der Waals surface area contributed by atoms with Crippen LogP contribution in [0.15, 0.2) is 24.3 Å². The molecule has 1 heterocycles. The number of methoxy groups -OCH3 is 1. The molecule has 1 atom stereocenters. The zero-order valence-corrected chi connectivity index (χ0v) is 11.7. The second kappa shape index (κ2) is 6.45. The highest BCUT2D eigenvalue weighted by Crippen LogP contribution is 2.27. The van der Waals surface area contributed by atoms with E-state index in [1.54, 1.807) is 0 Å². The summed E-state index contributed by atoms with van der Waals surface area (Å²) in [5.74, 6) is 0. The molecule has 1 saturated heterocycles. The van der Waals surface area contributed by atoms with E-state index in [0.717, 1.165) is 12.2 Å². The van der Waals surface area contributed by atoms with Crippen molar-refractivity contribution in [1.29, 1.82) is 0 Å². The van der Waals surface area contributed by atoms with Gasteiger partial charge in [-0.1, -0.05) is 6.92 Å². The Labute approximate surface area is 114 Å². The van der Waals surface area contributed by atoms with E-state index >= 15 is 0 Å². The van der Waals surface area contributed by atoms with Crippen LogP contribution in [0, 0.1) is 0 Å². The van der Waals surface area contributed by atoms with Crippen LogP contribution in [-0.4, -0.2) is 25.8 Å². The molecule has 1 aliphatic rings. The lowest BCUT2D eigenvalue weighted by Gasteiger charge is -2.37. The van der Waals surface area contributed by atoms with Crippen LogP contribution in [0.4, 0.5) is 16.2 Å². The molecule has 1 aromatic carbocycles. The van der Waals surface area contributed by atoms with E-state index < -0.39 is 6.09 Å². The standard InChI is InChI=1S/C15H22N2O2/c1-3-13-6-4-5-11-17(13)14-9-7-12(8-10-14)16-15(18)19-2/h7-10,13H,3-6,11H2,1-2H3,(H,16,18). The normalized spacial score (nSPS) is 19.1. The molecular formula is C15H22N2O2. The van der Waals surface area contributed by atoms with Crippen LogP contribution in [0.1, 0.15) is 32.6 Å². The number of nitrogens with one attached hydrogen (secondary N) is 1. The van der Waals surface area contributed by atoms with Crippen LogP contribution in [0.5, 0.6) is 0 Å². The molecule has 19 heavy (non-hydrogen) atoms. The molecule has 2 rings (SSSR count). The summed E-state index contributed by atoms with van der Waals surface area (Å²) in [4.78, 5) is 13.6. The van der Waals surface area contributed by atoms with Crippen molar-refractivity contribution in [2.24, 2.45) is 0 Å². The van der Waals surface area contributed by atoms with Crippen molar-refractivity contribution < 1.29 is 9.53 Å². The zero-order chi connectivity index (χ0) is 13.7. The summed E-state index contributed by atoms with van der Waals surface area (Å²) < 4.78 is 4.57. The first-order valence-corrected chi connectivity index (χ1v) is 6.96. The van der Waals surface area contributed by atoms with Gasteiger partial charge >= 0.3 is 6.09 Å². The average molecular weight is 262 g/mol. The monoisotopic (exact) mass is 262 g/mol. The van der Waals surface area contributed by atoms with E-state index in [2.05, 4.69) is 34.0 Å². The number of carbonyl (C=O) groups is 1. The maximum absolute atomic E-state index is 11.1. The van der Waals surface area contributed by atoms with Gasteiger partial charge in [0.1, 0.15) is 0 Å². The minimum Gasteiger partial charge on any atom is -0.453 e. The Bertz CT molecular complexity index is 417. The van der Waals surface area contributed by atoms with E-state index in [0.29, 0.717) is 6.04 Å². The van der Waals surface area contributed by atoms with Crippen LogP contribution >= 0.6 is 0 Å². The lowest BCUT2D eigenvalue weighted by Crippen LogP contribution is -2.39. The number of nitrogens with zero attached hydrogens (tertiary/aromatic N) is 1. The fraction of sp³-hybridized carbons (Fsp3) is 0.533. The third-order valence-electron chi connectivity index (χ3n) is 3.73. The van der Waals surface area contributed by atoms with Gasteiger partial charge in [-0.05, 0) is 49.9 Å². The van der Waals surface area contributed by atoms with Gasteiger partial charge in [0.25, 0.3) is 0 Å². The highest BCUT2D eigenvalue weighted by molar-refractivity contribution is 5.84. The van der Waals surface area contributed by atoms with Crippen molar-refractivity contribution in [2.75, 3.05) is 23.9 Å². The van der Waals surface area contributed by atoms with Crippen molar-refractivity contribution in [1.82, 2.24) is 0 Å². The molecule has 1 N–H and O–H groups in total. The van der Waals surface area contributed by atoms with Crippen molar-refractivity contribution in [2.45, 2.75) is 38.6 Å². The highest BCUT2D eigenvalue weighted by Gasteiger charge is 2.20. The minimum atomic E-state index is -0.433. The molecule has 1 aliphatic heterocycles. The lowest BCUT2D eigenvalue weighted by atomic mass is 9.99. The molecule has 0 bridgehead atoms. The number of hydrogen-bond acceptors (Lipinski definition) is 3. The number of ether oxygens (including phenoxy) is 1. The first-order chi connectivity index (χ1) is 9.24. The molecule has 104 valence electrons. The molecule has 1 amide bonds. The molecule has 1 fully saturated rings. The van der Waals surface area contributed by atoms with E-state index in [1.165, 1.54) is 38.5 Å². The molecule has 1 aromatic rings. The summed E-state index contributed by atoms with van der Waals surface area (Å²) in [6, 6.07) is 8.63. The summed E-state index contributed by atoms with van der Waals surface area (Å²) in [7, 11) is 1.36. The van der Waals surface area contributed by atoms with Crippen molar-refractivity contribution in [3.8, 4) is 0 Å². The smallest absolute Gasteiger partial charge is 0.411 e. The number of benzene rings is 1. The number of hydrogen-bond donors (Lipinski definition) is 1. The van der Waals surface area contributed by atoms with Crippen LogP contribution < -0.4 is 10.2 Å². The van der Waals surface area contributed by atoms with Crippen LogP contribution in [0.2, 0.25) is 0 Å². The Morgan fingerprint density at radius 2 is 2.11 bits per heavy atom. The van der Waals surface area contributed by atoms with Gasteiger partial charge < -0.3 is 9.64 Å². The fourth-order valence-electron chi connectivity index (χ4n) is 2.67. The predicted molar refractivity (Wildman–Crippen MR) is 77.7 cm³/mol. The van der Waals surface area contributed by atoms with E-state index in [9.17, 15) is 4.79 Å². The Morgan fingerprint density at radius 3 is 2.74 bits per heavy atom. The molecule has 0 radical (unpaired) electrons. The number of rotatable bonds is 3. The topological polar surface area (TPSA) is 41.6 Å². The largest absolute Gasteiger partial charge is 0.453 e. The quantitative estimate of drug-likeness (QED) is 0.904. The van der Waals surface area contributed by atoms with Gasteiger partial charge in [-0.25, -0.2) is 4.79 Å². The molecule has 1 unspecified atom stereocenters. The average Bonchev–Trinajstić information content (AvgIpc) is 2.48. The third-order valence-corrected chi connectivity index (χ3v) is 3.73. The zero-order valence-electron chi connectivity index (χ0n) is 11.7. The van der Waals surface area contributed by atoms with Crippen molar-refractivity contribution in [3.63, 3.8) is 0 Å². The Morgan fingerprint density at radius 1 is 1.37 bits per heavy atom. The molecule has 4 nitrogen and oxygen atoms in total. The van der Waals surface area contributed by atoms with Crippen molar-refractivity contribution in [3.05, 3.63) is 24.3 Å². The van der Waals surface area contributed by atoms with Crippen LogP contribution in [0.25, 0.3) is 0 Å². The maximum Gasteiger partial charge on any atom is 0.411 e. The first-order valence-electron chi connectivity index (χ1n) is 6.96. The molecule has 4 heteroatoms. The second-order valence-electron chi connectivity index (χ2n) is 4.91. The Kier molecular flexibility index (Phi) is 4.66. The second-order valence-corrected chi connectivity index (χ2v) is 4.91. The first kappa shape index (κ1) is 13.7. The minimum absolute atomic E-state index is 0.433. The summed E-state index contributed by atoms with van der Waals surface area (Å²) >= 11 is 0. The van der Waals surface area contributed by atoms with Gasteiger partial charge in [0, 0.05) is 24.0 Å². The number of carbonyl (C=O) groups excluding carboxylic acids is 1. The van der Waals surface area contributed by atoms with Gasteiger partial charge in [-0.2, -0.15) is 0 Å². The molecule has 0 aromatic heterocycles. The van der Waals surface area contributed by atoms with Crippen LogP contribution in [-0.2, 0) is 4.74 Å². The number of amides is 1. The predicted octanol–water partition coefficient (Wildman–Crippen LogP) is 3.63. The summed E-state index contributed by atoms with van der Waals surface area (Å²) in [6.45, 7) is 3.37. The van der Waals surface area contributed by atoms with Crippen molar-refractivity contribution >= 4 is 17.5 Å². The van der Waals surface area contributed by atoms with Gasteiger partial charge in [0.15, 0.2) is 0 Å². The van der Waals surface area contributed by atoms with Gasteiger partial charge in [0.05, 0.1) is 7.11 Å². The lowest BCUT2D eigenvalue weighted by molar-refractivity contribution is 0.187. The summed E-state index contributed by atoms with van der Waals surface area (Å²) in [5, 5.41) is 2.67. The molecule has 0 saturated carbocycles. The van der Waals surface area contributed by atoms with Gasteiger partial charge in [0.2, 0.25) is 0 Å². The highest BCUT2D eigenvalue weighted by atomic mass is 16.5. The maximum atomic E-state index is 11.1. The van der Waals surface area contributed by atoms with E-state index in [4.69, 9.17) is 0 Å². The fourth-order valence-corrected chi connectivity index (χ4v) is 2.67. The number of anilines is 2. The van der Waals surface area contributed by atoms with E-state index in [1.807, 2.05) is 12.1 Å². The molecule has 0 aliphatic carbocycles.